The second kappa shape index (κ2) is 23.9. The summed E-state index contributed by atoms with van der Waals surface area (Å²) >= 11 is 0. The van der Waals surface area contributed by atoms with E-state index in [9.17, 15) is 47.9 Å². The second-order valence-electron chi connectivity index (χ2n) is 14.9. The van der Waals surface area contributed by atoms with Crippen molar-refractivity contribution in [3.05, 3.63) is 12.7 Å². The smallest absolute Gasteiger partial charge is 0.408 e. The molecule has 4 N–H and O–H groups in total. The van der Waals surface area contributed by atoms with Crippen LogP contribution < -0.4 is 21.3 Å². The van der Waals surface area contributed by atoms with Crippen molar-refractivity contribution in [3.63, 3.8) is 0 Å². The molecular weight excluding hydrogens is 832 g/mol. The van der Waals surface area contributed by atoms with Gasteiger partial charge in [-0.15, -0.1) is 0 Å². The Labute approximate surface area is 356 Å². The number of esters is 6. The third-order valence-electron chi connectivity index (χ3n) is 8.19. The van der Waals surface area contributed by atoms with Crippen LogP contribution in [0.25, 0.3) is 0 Å². The molecule has 2 fully saturated rings. The number of ether oxygens (including phenoxy) is 10. The van der Waals surface area contributed by atoms with Crippen LogP contribution in [0, 0.1) is 0 Å². The fourth-order valence-corrected chi connectivity index (χ4v) is 6.14. The Morgan fingerprint density at radius 1 is 0.629 bits per heavy atom. The van der Waals surface area contributed by atoms with Gasteiger partial charge in [0, 0.05) is 48.5 Å². The molecule has 2 saturated heterocycles. The Bertz CT molecular complexity index is 1680. The molecule has 11 atom stereocenters. The molecule has 24 heteroatoms. The number of hydrogen-bond donors (Lipinski definition) is 4. The van der Waals surface area contributed by atoms with Crippen LogP contribution in [0.1, 0.15) is 75.7 Å². The van der Waals surface area contributed by atoms with Gasteiger partial charge in [-0.05, 0) is 20.8 Å². The number of hydrogen-bond acceptors (Lipinski definition) is 20. The van der Waals surface area contributed by atoms with Crippen LogP contribution in [0.15, 0.2) is 12.7 Å². The van der Waals surface area contributed by atoms with Crippen LogP contribution in [-0.4, -0.2) is 152 Å². The lowest BCUT2D eigenvalue weighted by atomic mass is 9.93. The van der Waals surface area contributed by atoms with Gasteiger partial charge in [0.05, 0.1) is 6.42 Å². The van der Waals surface area contributed by atoms with Crippen molar-refractivity contribution in [2.75, 3.05) is 19.8 Å². The molecule has 62 heavy (non-hydrogen) atoms. The molecule has 0 saturated carbocycles. The van der Waals surface area contributed by atoms with Gasteiger partial charge in [-0.1, -0.05) is 12.7 Å². The summed E-state index contributed by atoms with van der Waals surface area (Å²) in [6.45, 7) is 13.9. The fraction of sp³-hybridized carbons (Fsp3) is 0.684. The fourth-order valence-electron chi connectivity index (χ4n) is 6.14. The topological polar surface area (TPSA) is 311 Å². The van der Waals surface area contributed by atoms with Crippen molar-refractivity contribution in [3.8, 4) is 0 Å². The van der Waals surface area contributed by atoms with Gasteiger partial charge in [-0.3, -0.25) is 38.4 Å². The number of nitrogens with one attached hydrogen (secondary N) is 4. The first-order chi connectivity index (χ1) is 28.8. The van der Waals surface area contributed by atoms with E-state index >= 15 is 0 Å². The van der Waals surface area contributed by atoms with Crippen LogP contribution in [0.5, 0.6) is 0 Å². The van der Waals surface area contributed by atoms with E-state index in [1.54, 1.807) is 20.8 Å². The number of carbonyl (C=O) groups is 10. The summed E-state index contributed by atoms with van der Waals surface area (Å²) in [5.41, 5.74) is -0.996. The minimum absolute atomic E-state index is 0.281. The lowest BCUT2D eigenvalue weighted by molar-refractivity contribution is -0.318. The Morgan fingerprint density at radius 2 is 1.11 bits per heavy atom. The minimum Gasteiger partial charge on any atom is -0.463 e. The summed E-state index contributed by atoms with van der Waals surface area (Å²) in [7, 11) is 0. The first-order valence-electron chi connectivity index (χ1n) is 19.2. The molecule has 24 nitrogen and oxygen atoms in total. The Hall–Kier alpha value is -5.88. The van der Waals surface area contributed by atoms with Crippen LogP contribution in [0.2, 0.25) is 0 Å². The zero-order chi connectivity index (χ0) is 47.1. The van der Waals surface area contributed by atoms with Crippen molar-refractivity contribution in [2.24, 2.45) is 0 Å². The van der Waals surface area contributed by atoms with Crippen LogP contribution >= 0.6 is 0 Å². The van der Waals surface area contributed by atoms with Gasteiger partial charge in [0.1, 0.15) is 61.9 Å². The van der Waals surface area contributed by atoms with Gasteiger partial charge >= 0.3 is 41.9 Å². The van der Waals surface area contributed by atoms with Gasteiger partial charge in [-0.25, -0.2) is 9.59 Å². The van der Waals surface area contributed by atoms with Gasteiger partial charge in [0.2, 0.25) is 17.7 Å². The molecule has 6 unspecified atom stereocenters. The molecule has 0 aliphatic carbocycles. The molecule has 2 rings (SSSR count). The predicted molar refractivity (Wildman–Crippen MR) is 204 cm³/mol. The molecule has 2 aliphatic rings. The maximum Gasteiger partial charge on any atom is 0.408 e. The Balaban J connectivity index is 2.73. The zero-order valence-electron chi connectivity index (χ0n) is 36.1. The van der Waals surface area contributed by atoms with E-state index in [2.05, 4.69) is 27.8 Å². The summed E-state index contributed by atoms with van der Waals surface area (Å²) in [5, 5.41) is 9.79. The average Bonchev–Trinajstić information content (AvgIpc) is 3.11. The highest BCUT2D eigenvalue weighted by atomic mass is 16.7. The number of rotatable bonds is 18. The number of alkyl carbamates (subject to hydrolysis) is 1. The third kappa shape index (κ3) is 17.6. The summed E-state index contributed by atoms with van der Waals surface area (Å²) in [6.07, 6.45) is -13.6. The van der Waals surface area contributed by atoms with Crippen molar-refractivity contribution in [1.29, 1.82) is 0 Å². The maximum atomic E-state index is 13.7. The van der Waals surface area contributed by atoms with Crippen molar-refractivity contribution in [1.82, 2.24) is 21.3 Å². The van der Waals surface area contributed by atoms with Crippen molar-refractivity contribution >= 4 is 59.6 Å². The van der Waals surface area contributed by atoms with Gasteiger partial charge in [-0.2, -0.15) is 0 Å². The quantitative estimate of drug-likeness (QED) is 0.0720. The molecule has 4 amide bonds. The molecule has 0 aromatic heterocycles. The number of carbonyl (C=O) groups excluding carboxylic acids is 10. The van der Waals surface area contributed by atoms with Crippen LogP contribution in [0.4, 0.5) is 4.79 Å². The summed E-state index contributed by atoms with van der Waals surface area (Å²) in [5.74, 6) is -7.92. The summed E-state index contributed by atoms with van der Waals surface area (Å²) in [4.78, 5) is 126. The molecule has 0 aromatic carbocycles. The molecular formula is C38H56N4O20. The lowest BCUT2D eigenvalue weighted by Crippen LogP contribution is -2.72. The summed E-state index contributed by atoms with van der Waals surface area (Å²) in [6, 6.07) is -4.75. The van der Waals surface area contributed by atoms with Gasteiger partial charge in [0.25, 0.3) is 0 Å². The molecule has 348 valence electrons. The highest BCUT2D eigenvalue weighted by Crippen LogP contribution is 2.33. The van der Waals surface area contributed by atoms with E-state index in [1.807, 2.05) is 0 Å². The van der Waals surface area contributed by atoms with Crippen LogP contribution in [-0.2, 0) is 90.5 Å². The molecule has 0 bridgehead atoms. The van der Waals surface area contributed by atoms with Crippen molar-refractivity contribution < 1.29 is 95.3 Å². The normalized spacial score (nSPS) is 26.1. The monoisotopic (exact) mass is 888 g/mol. The zero-order valence-corrected chi connectivity index (χ0v) is 36.1. The average molecular weight is 889 g/mol. The highest BCUT2D eigenvalue weighted by Gasteiger charge is 2.56. The SMILES string of the molecule is C=CCOC(=O)[C@H](CC(=O)N[C@@H]1OC(COC(C)=O)[C@@H](O[C@@H]2OC(COC(C)=O)[C@@H](OC(C)=O)C(OC(C)=O)C2NC(C)=O)C(OC(C)=O)C1NC(C)=O)NC(=O)OC(C)(C)C. The Morgan fingerprint density at radius 3 is 1.58 bits per heavy atom. The highest BCUT2D eigenvalue weighted by molar-refractivity contribution is 5.88. The second-order valence-corrected chi connectivity index (χ2v) is 14.9. The van der Waals surface area contributed by atoms with E-state index in [4.69, 9.17) is 47.4 Å². The Kier molecular flexibility index (Phi) is 20.2. The minimum atomic E-state index is -1.80. The molecule has 0 aromatic rings. The van der Waals surface area contributed by atoms with Crippen LogP contribution in [0.3, 0.4) is 0 Å². The number of amides is 4. The van der Waals surface area contributed by atoms with E-state index in [0.717, 1.165) is 48.5 Å². The van der Waals surface area contributed by atoms with Gasteiger partial charge in [0.15, 0.2) is 30.8 Å². The summed E-state index contributed by atoms with van der Waals surface area (Å²) < 4.78 is 56.0. The first kappa shape index (κ1) is 52.3. The molecule has 0 spiro atoms. The van der Waals surface area contributed by atoms with E-state index in [-0.39, 0.29) is 6.61 Å². The first-order valence-corrected chi connectivity index (χ1v) is 19.2. The van der Waals surface area contributed by atoms with E-state index in [1.165, 1.54) is 6.08 Å². The van der Waals surface area contributed by atoms with Crippen molar-refractivity contribution in [2.45, 2.75) is 149 Å². The largest absolute Gasteiger partial charge is 0.463 e. The van der Waals surface area contributed by atoms with E-state index < -0.39 is 152 Å². The molecule has 2 heterocycles. The maximum absolute atomic E-state index is 13.7. The van der Waals surface area contributed by atoms with E-state index in [0.29, 0.717) is 0 Å². The molecule has 0 radical (unpaired) electrons. The van der Waals surface area contributed by atoms with Gasteiger partial charge < -0.3 is 68.6 Å². The third-order valence-corrected chi connectivity index (χ3v) is 8.19. The molecule has 2 aliphatic heterocycles. The standard InChI is InChI=1S/C38H56N4O20/c1-12-13-53-35(51)24(41-37(52)62-38(9,10)11)14-27(50)42-34-28(39-17(2)43)32(57-22(7)48)31(25(59-34)15-54-19(4)45)61-36-29(40-18(3)44)33(58-23(8)49)30(56-21(6)47)26(60-36)16-55-20(5)46/h12,24-26,28-34,36H,1,13-16H2,2-11H3,(H,39,43)(H,40,44)(H,41,52)(H,42,50)/t24-,25?,26?,28?,29?,30+,31+,32?,33?,34+,36-/m0/s1. The predicted octanol–water partition coefficient (Wildman–Crippen LogP) is -1.12. The lowest BCUT2D eigenvalue weighted by Gasteiger charge is -2.49.